The van der Waals surface area contributed by atoms with E-state index in [0.717, 1.165) is 50.2 Å². The zero-order valence-corrected chi connectivity index (χ0v) is 23.0. The van der Waals surface area contributed by atoms with Gasteiger partial charge in [-0.1, -0.05) is 17.3 Å². The van der Waals surface area contributed by atoms with Gasteiger partial charge in [-0.05, 0) is 93.9 Å². The van der Waals surface area contributed by atoms with Crippen molar-refractivity contribution in [2.24, 2.45) is 11.3 Å². The molecule has 3 aliphatic carbocycles. The molecule has 1 atom stereocenters. The SMILES string of the molecule is C#Cc1cnn2c(-c3cc(NC4CCC4)c(-c4nnc(C5CC6(CCC(CC(C)=O)C6)C5)s4)cn3)ccc2c1. The second-order valence-corrected chi connectivity index (χ2v) is 12.9. The molecule has 1 unspecified atom stereocenters. The number of rotatable bonds is 7. The maximum absolute atomic E-state index is 11.6. The smallest absolute Gasteiger partial charge is 0.151 e. The van der Waals surface area contributed by atoms with Crippen LogP contribution >= 0.6 is 11.3 Å². The van der Waals surface area contributed by atoms with Gasteiger partial charge in [0.25, 0.3) is 0 Å². The van der Waals surface area contributed by atoms with E-state index in [0.29, 0.717) is 29.1 Å². The number of carbonyl (C=O) groups excluding carboxylic acids is 1. The van der Waals surface area contributed by atoms with Crippen molar-refractivity contribution in [2.75, 3.05) is 5.32 Å². The maximum Gasteiger partial charge on any atom is 0.151 e. The molecular weight excluding hydrogens is 504 g/mol. The van der Waals surface area contributed by atoms with Crippen molar-refractivity contribution < 1.29 is 4.79 Å². The Balaban J connectivity index is 1.14. The molecule has 0 bridgehead atoms. The van der Waals surface area contributed by atoms with E-state index in [1.807, 2.05) is 28.9 Å². The monoisotopic (exact) mass is 536 g/mol. The topological polar surface area (TPSA) is 85.1 Å². The van der Waals surface area contributed by atoms with Gasteiger partial charge in [-0.25, -0.2) is 4.52 Å². The summed E-state index contributed by atoms with van der Waals surface area (Å²) in [7, 11) is 0. The first-order chi connectivity index (χ1) is 19.0. The van der Waals surface area contributed by atoms with E-state index in [1.165, 1.54) is 51.4 Å². The number of carbonyl (C=O) groups is 1. The number of fused-ring (bicyclic) bond motifs is 1. The molecule has 8 heteroatoms. The lowest BCUT2D eigenvalue weighted by Crippen LogP contribution is -2.33. The average molecular weight is 537 g/mol. The van der Waals surface area contributed by atoms with Gasteiger partial charge in [-0.15, -0.1) is 16.6 Å². The fourth-order valence-corrected chi connectivity index (χ4v) is 7.84. The van der Waals surface area contributed by atoms with E-state index in [1.54, 1.807) is 24.5 Å². The summed E-state index contributed by atoms with van der Waals surface area (Å²) >= 11 is 1.71. The Morgan fingerprint density at radius 2 is 2.05 bits per heavy atom. The first-order valence-electron chi connectivity index (χ1n) is 14.0. The summed E-state index contributed by atoms with van der Waals surface area (Å²) in [4.78, 5) is 16.4. The first-order valence-corrected chi connectivity index (χ1v) is 14.8. The van der Waals surface area contributed by atoms with Crippen molar-refractivity contribution in [3.63, 3.8) is 0 Å². The van der Waals surface area contributed by atoms with Crippen LogP contribution in [0, 0.1) is 23.7 Å². The first kappa shape index (κ1) is 24.5. The second kappa shape index (κ2) is 9.56. The Morgan fingerprint density at radius 3 is 2.82 bits per heavy atom. The Labute approximate surface area is 232 Å². The molecule has 7 rings (SSSR count). The normalized spacial score (nSPS) is 24.4. The molecule has 3 aliphatic rings. The Morgan fingerprint density at radius 1 is 1.18 bits per heavy atom. The Hall–Kier alpha value is -3.57. The summed E-state index contributed by atoms with van der Waals surface area (Å²) in [5, 5.41) is 19.7. The standard InChI is InChI=1S/C31H32N6OS/c1-3-20-12-24-7-8-28(37(24)33-17-20)27-13-26(34-23-5-4-6-23)25(18-32-27)30-36-35-29(39-30)22-15-31(16-22)10-9-21(14-31)11-19(2)38/h1,7-8,12-13,17-18,21-23H,4-6,9-11,14-16H2,2H3,(H,32,34). The number of terminal acetylenes is 1. The van der Waals surface area contributed by atoms with Crippen LogP contribution in [0.3, 0.4) is 0 Å². The minimum atomic E-state index is 0.326. The number of hydrogen-bond acceptors (Lipinski definition) is 7. The van der Waals surface area contributed by atoms with Gasteiger partial charge < -0.3 is 10.1 Å². The van der Waals surface area contributed by atoms with Gasteiger partial charge >= 0.3 is 0 Å². The molecular formula is C31H32N6OS. The van der Waals surface area contributed by atoms with Gasteiger partial charge in [0.15, 0.2) is 5.01 Å². The number of anilines is 1. The van der Waals surface area contributed by atoms with Gasteiger partial charge in [0.1, 0.15) is 10.8 Å². The molecule has 4 aromatic heterocycles. The number of aromatic nitrogens is 5. The van der Waals surface area contributed by atoms with Crippen molar-refractivity contribution >= 4 is 28.3 Å². The van der Waals surface area contributed by atoms with Crippen molar-refractivity contribution in [3.8, 4) is 34.3 Å². The molecule has 39 heavy (non-hydrogen) atoms. The van der Waals surface area contributed by atoms with E-state index >= 15 is 0 Å². The number of nitrogens with zero attached hydrogens (tertiary/aromatic N) is 5. The molecule has 3 saturated carbocycles. The van der Waals surface area contributed by atoms with Crippen molar-refractivity contribution in [2.45, 2.75) is 76.7 Å². The third-order valence-electron chi connectivity index (χ3n) is 9.06. The summed E-state index contributed by atoms with van der Waals surface area (Å²) in [5.41, 5.74) is 5.97. The van der Waals surface area contributed by atoms with Crippen LogP contribution < -0.4 is 5.32 Å². The lowest BCUT2D eigenvalue weighted by molar-refractivity contribution is -0.117. The van der Waals surface area contributed by atoms with Crippen LogP contribution in [-0.2, 0) is 4.79 Å². The third-order valence-corrected chi connectivity index (χ3v) is 10.2. The zero-order chi connectivity index (χ0) is 26.6. The molecule has 7 nitrogen and oxygen atoms in total. The molecule has 0 radical (unpaired) electrons. The fraction of sp³-hybridized carbons (Fsp3) is 0.452. The lowest BCUT2D eigenvalue weighted by Gasteiger charge is -2.44. The van der Waals surface area contributed by atoms with Crippen LogP contribution in [0.4, 0.5) is 5.69 Å². The van der Waals surface area contributed by atoms with Crippen LogP contribution in [-0.4, -0.2) is 36.6 Å². The average Bonchev–Trinajstić information content (AvgIpc) is 3.63. The molecule has 4 aromatic rings. The summed E-state index contributed by atoms with van der Waals surface area (Å²) < 4.78 is 1.88. The van der Waals surface area contributed by atoms with E-state index in [-0.39, 0.29) is 0 Å². The largest absolute Gasteiger partial charge is 0.382 e. The molecule has 198 valence electrons. The predicted octanol–water partition coefficient (Wildman–Crippen LogP) is 6.50. The van der Waals surface area contributed by atoms with Gasteiger partial charge in [-0.2, -0.15) is 5.10 Å². The number of Topliss-reactive ketones (excluding diaryl/α,β-unsaturated/α-hetero) is 1. The number of nitrogens with one attached hydrogen (secondary N) is 1. The molecule has 3 fully saturated rings. The molecule has 0 aliphatic heterocycles. The van der Waals surface area contributed by atoms with Gasteiger partial charge in [0.2, 0.25) is 0 Å². The maximum atomic E-state index is 11.6. The highest BCUT2D eigenvalue weighted by atomic mass is 32.1. The van der Waals surface area contributed by atoms with Crippen molar-refractivity contribution in [1.29, 1.82) is 0 Å². The zero-order valence-electron chi connectivity index (χ0n) is 22.2. The lowest BCUT2D eigenvalue weighted by atomic mass is 9.61. The highest BCUT2D eigenvalue weighted by Crippen LogP contribution is 2.62. The van der Waals surface area contributed by atoms with E-state index in [9.17, 15) is 4.79 Å². The van der Waals surface area contributed by atoms with E-state index in [4.69, 9.17) is 11.4 Å². The van der Waals surface area contributed by atoms with Gasteiger partial charge in [-0.3, -0.25) is 4.98 Å². The van der Waals surface area contributed by atoms with E-state index < -0.39 is 0 Å². The van der Waals surface area contributed by atoms with Crippen molar-refractivity contribution in [1.82, 2.24) is 24.8 Å². The molecule has 0 saturated heterocycles. The van der Waals surface area contributed by atoms with E-state index in [2.05, 4.69) is 32.6 Å². The van der Waals surface area contributed by atoms with Crippen LogP contribution in [0.5, 0.6) is 0 Å². The predicted molar refractivity (Wildman–Crippen MR) is 154 cm³/mol. The van der Waals surface area contributed by atoms with Gasteiger partial charge in [0, 0.05) is 35.8 Å². The molecule has 1 N–H and O–H groups in total. The van der Waals surface area contributed by atoms with Crippen LogP contribution in [0.2, 0.25) is 0 Å². The van der Waals surface area contributed by atoms with Crippen LogP contribution in [0.15, 0.2) is 36.7 Å². The number of pyridine rings is 1. The number of ketones is 1. The van der Waals surface area contributed by atoms with Crippen LogP contribution in [0.1, 0.15) is 81.2 Å². The third kappa shape index (κ3) is 4.53. The fourth-order valence-electron chi connectivity index (χ4n) is 6.88. The molecule has 1 spiro atoms. The van der Waals surface area contributed by atoms with Crippen molar-refractivity contribution in [3.05, 3.63) is 47.2 Å². The molecule has 4 heterocycles. The number of hydrogen-bond donors (Lipinski definition) is 1. The summed E-state index contributed by atoms with van der Waals surface area (Å²) in [5.74, 6) is 4.03. The Bertz CT molecular complexity index is 1600. The summed E-state index contributed by atoms with van der Waals surface area (Å²) in [6.45, 7) is 1.72. The second-order valence-electron chi connectivity index (χ2n) is 11.9. The summed E-state index contributed by atoms with van der Waals surface area (Å²) in [6.07, 6.45) is 19.6. The van der Waals surface area contributed by atoms with Crippen LogP contribution in [0.25, 0.3) is 27.5 Å². The minimum absolute atomic E-state index is 0.326. The van der Waals surface area contributed by atoms with Gasteiger partial charge in [0.05, 0.1) is 28.7 Å². The quantitative estimate of drug-likeness (QED) is 0.271. The highest BCUT2D eigenvalue weighted by molar-refractivity contribution is 7.14. The molecule has 0 amide bonds. The minimum Gasteiger partial charge on any atom is -0.382 e. The molecule has 0 aromatic carbocycles. The Kier molecular flexibility index (Phi) is 6.00. The summed E-state index contributed by atoms with van der Waals surface area (Å²) in [6, 6.07) is 8.62. The highest BCUT2D eigenvalue weighted by Gasteiger charge is 2.50.